The van der Waals surface area contributed by atoms with E-state index in [0.29, 0.717) is 24.4 Å². The number of nitrogens with zero attached hydrogens (tertiary/aromatic N) is 1. The second-order valence-electron chi connectivity index (χ2n) is 6.41. The SMILES string of the molecule is O=C(CCCc1ccccc1)N(CC1CCCN1)C1CC1. The second-order valence-corrected chi connectivity index (χ2v) is 6.41. The first-order valence-electron chi connectivity index (χ1n) is 8.40. The van der Waals surface area contributed by atoms with E-state index in [2.05, 4.69) is 34.5 Å². The fourth-order valence-corrected chi connectivity index (χ4v) is 3.22. The van der Waals surface area contributed by atoms with Gasteiger partial charge in [0.25, 0.3) is 0 Å². The van der Waals surface area contributed by atoms with Gasteiger partial charge in [0.15, 0.2) is 0 Å². The van der Waals surface area contributed by atoms with Gasteiger partial charge in [0.1, 0.15) is 0 Å². The van der Waals surface area contributed by atoms with Crippen molar-refractivity contribution >= 4 is 5.91 Å². The van der Waals surface area contributed by atoms with E-state index in [4.69, 9.17) is 0 Å². The average molecular weight is 286 g/mol. The minimum atomic E-state index is 0.363. The zero-order valence-corrected chi connectivity index (χ0v) is 12.8. The van der Waals surface area contributed by atoms with Crippen LogP contribution in [0.3, 0.4) is 0 Å². The van der Waals surface area contributed by atoms with Crippen LogP contribution in [-0.2, 0) is 11.2 Å². The summed E-state index contributed by atoms with van der Waals surface area (Å²) in [6.07, 6.45) is 7.55. The van der Waals surface area contributed by atoms with Gasteiger partial charge < -0.3 is 10.2 Å². The Hall–Kier alpha value is -1.35. The maximum absolute atomic E-state index is 12.5. The zero-order valence-electron chi connectivity index (χ0n) is 12.8. The van der Waals surface area contributed by atoms with Gasteiger partial charge in [-0.1, -0.05) is 30.3 Å². The topological polar surface area (TPSA) is 32.3 Å². The Kier molecular flexibility index (Phi) is 4.91. The highest BCUT2D eigenvalue weighted by Crippen LogP contribution is 2.28. The molecule has 1 unspecified atom stereocenters. The van der Waals surface area contributed by atoms with Crippen molar-refractivity contribution in [3.8, 4) is 0 Å². The molecule has 0 bridgehead atoms. The molecule has 3 heteroatoms. The van der Waals surface area contributed by atoms with E-state index in [1.54, 1.807) is 0 Å². The average Bonchev–Trinajstić information content (AvgIpc) is 3.22. The number of carbonyl (C=O) groups is 1. The summed E-state index contributed by atoms with van der Waals surface area (Å²) in [5.74, 6) is 0.363. The maximum atomic E-state index is 12.5. The van der Waals surface area contributed by atoms with Crippen molar-refractivity contribution < 1.29 is 4.79 Å². The van der Waals surface area contributed by atoms with Crippen LogP contribution in [0.2, 0.25) is 0 Å². The molecule has 1 amide bonds. The minimum absolute atomic E-state index is 0.363. The Bertz CT molecular complexity index is 450. The van der Waals surface area contributed by atoms with Crippen LogP contribution >= 0.6 is 0 Å². The van der Waals surface area contributed by atoms with Gasteiger partial charge in [0.05, 0.1) is 0 Å². The molecule has 0 spiro atoms. The second kappa shape index (κ2) is 7.08. The van der Waals surface area contributed by atoms with E-state index in [1.807, 2.05) is 6.07 Å². The van der Waals surface area contributed by atoms with E-state index in [-0.39, 0.29) is 0 Å². The molecule has 2 aliphatic rings. The highest BCUT2D eigenvalue weighted by Gasteiger charge is 2.34. The lowest BCUT2D eigenvalue weighted by Gasteiger charge is -2.26. The quantitative estimate of drug-likeness (QED) is 0.836. The summed E-state index contributed by atoms with van der Waals surface area (Å²) >= 11 is 0. The Labute approximate surface area is 127 Å². The Morgan fingerprint density at radius 2 is 2.00 bits per heavy atom. The van der Waals surface area contributed by atoms with E-state index in [1.165, 1.54) is 31.2 Å². The van der Waals surface area contributed by atoms with Crippen LogP contribution in [0.5, 0.6) is 0 Å². The number of nitrogens with one attached hydrogen (secondary N) is 1. The monoisotopic (exact) mass is 286 g/mol. The molecule has 1 aliphatic heterocycles. The number of amides is 1. The van der Waals surface area contributed by atoms with Gasteiger partial charge in [0, 0.05) is 25.0 Å². The van der Waals surface area contributed by atoms with Crippen LogP contribution in [0.1, 0.15) is 44.1 Å². The van der Waals surface area contributed by atoms with E-state index < -0.39 is 0 Å². The Morgan fingerprint density at radius 3 is 2.67 bits per heavy atom. The van der Waals surface area contributed by atoms with E-state index in [9.17, 15) is 4.79 Å². The Morgan fingerprint density at radius 1 is 1.19 bits per heavy atom. The minimum Gasteiger partial charge on any atom is -0.338 e. The molecule has 1 saturated carbocycles. The number of aryl methyl sites for hydroxylation is 1. The number of carbonyl (C=O) groups excluding carboxylic acids is 1. The van der Waals surface area contributed by atoms with Crippen LogP contribution in [0.25, 0.3) is 0 Å². The summed E-state index contributed by atoms with van der Waals surface area (Å²) in [5, 5.41) is 3.51. The standard InChI is InChI=1S/C18H26N2O/c21-18(10-4-8-15-6-2-1-3-7-15)20(17-11-12-17)14-16-9-5-13-19-16/h1-3,6-7,16-17,19H,4-5,8-14H2. The lowest BCUT2D eigenvalue weighted by atomic mass is 10.1. The summed E-state index contributed by atoms with van der Waals surface area (Å²) in [6, 6.07) is 11.5. The summed E-state index contributed by atoms with van der Waals surface area (Å²) in [5.41, 5.74) is 1.33. The van der Waals surface area contributed by atoms with E-state index in [0.717, 1.165) is 25.9 Å². The predicted molar refractivity (Wildman–Crippen MR) is 85.1 cm³/mol. The lowest BCUT2D eigenvalue weighted by Crippen LogP contribution is -2.42. The molecular formula is C18H26N2O. The molecule has 1 heterocycles. The van der Waals surface area contributed by atoms with Crippen molar-refractivity contribution in [3.05, 3.63) is 35.9 Å². The molecule has 21 heavy (non-hydrogen) atoms. The van der Waals surface area contributed by atoms with Crippen molar-refractivity contribution in [2.75, 3.05) is 13.1 Å². The third kappa shape index (κ3) is 4.31. The Balaban J connectivity index is 1.45. The summed E-state index contributed by atoms with van der Waals surface area (Å²) < 4.78 is 0. The van der Waals surface area contributed by atoms with Crippen molar-refractivity contribution in [1.29, 1.82) is 0 Å². The van der Waals surface area contributed by atoms with Crippen LogP contribution in [-0.4, -0.2) is 36.0 Å². The summed E-state index contributed by atoms with van der Waals surface area (Å²) in [4.78, 5) is 14.7. The third-order valence-electron chi connectivity index (χ3n) is 4.59. The van der Waals surface area contributed by atoms with Crippen molar-refractivity contribution in [2.24, 2.45) is 0 Å². The zero-order chi connectivity index (χ0) is 14.5. The van der Waals surface area contributed by atoms with E-state index >= 15 is 0 Å². The summed E-state index contributed by atoms with van der Waals surface area (Å²) in [6.45, 7) is 2.04. The number of rotatable bonds is 7. The normalized spacial score (nSPS) is 21.4. The highest BCUT2D eigenvalue weighted by atomic mass is 16.2. The fraction of sp³-hybridized carbons (Fsp3) is 0.611. The molecule has 1 saturated heterocycles. The first-order valence-corrected chi connectivity index (χ1v) is 8.40. The highest BCUT2D eigenvalue weighted by molar-refractivity contribution is 5.77. The molecule has 1 aliphatic carbocycles. The van der Waals surface area contributed by atoms with Crippen LogP contribution < -0.4 is 5.32 Å². The molecule has 2 fully saturated rings. The van der Waals surface area contributed by atoms with Crippen molar-refractivity contribution in [2.45, 2.75) is 57.0 Å². The molecule has 3 nitrogen and oxygen atoms in total. The molecule has 1 aromatic rings. The molecule has 0 radical (unpaired) electrons. The largest absolute Gasteiger partial charge is 0.338 e. The van der Waals surface area contributed by atoms with Gasteiger partial charge in [-0.25, -0.2) is 0 Å². The fourth-order valence-electron chi connectivity index (χ4n) is 3.22. The van der Waals surface area contributed by atoms with Crippen LogP contribution in [0.15, 0.2) is 30.3 Å². The number of benzene rings is 1. The smallest absolute Gasteiger partial charge is 0.222 e. The predicted octanol–water partition coefficient (Wildman–Crippen LogP) is 2.75. The first kappa shape index (κ1) is 14.6. The van der Waals surface area contributed by atoms with Gasteiger partial charge in [-0.3, -0.25) is 4.79 Å². The van der Waals surface area contributed by atoms with Crippen molar-refractivity contribution in [1.82, 2.24) is 10.2 Å². The third-order valence-corrected chi connectivity index (χ3v) is 4.59. The van der Waals surface area contributed by atoms with Gasteiger partial charge in [-0.15, -0.1) is 0 Å². The summed E-state index contributed by atoms with van der Waals surface area (Å²) in [7, 11) is 0. The number of hydrogen-bond acceptors (Lipinski definition) is 2. The first-order chi connectivity index (χ1) is 10.3. The molecule has 3 rings (SSSR count). The molecule has 0 aromatic heterocycles. The molecule has 1 N–H and O–H groups in total. The lowest BCUT2D eigenvalue weighted by molar-refractivity contribution is -0.132. The van der Waals surface area contributed by atoms with Crippen LogP contribution in [0.4, 0.5) is 0 Å². The number of hydrogen-bond donors (Lipinski definition) is 1. The van der Waals surface area contributed by atoms with Gasteiger partial charge >= 0.3 is 0 Å². The van der Waals surface area contributed by atoms with Crippen molar-refractivity contribution in [3.63, 3.8) is 0 Å². The molecule has 114 valence electrons. The molecular weight excluding hydrogens is 260 g/mol. The van der Waals surface area contributed by atoms with Gasteiger partial charge in [-0.2, -0.15) is 0 Å². The van der Waals surface area contributed by atoms with Gasteiger partial charge in [0.2, 0.25) is 5.91 Å². The maximum Gasteiger partial charge on any atom is 0.222 e. The van der Waals surface area contributed by atoms with Crippen LogP contribution in [0, 0.1) is 0 Å². The molecule has 1 atom stereocenters. The molecule has 1 aromatic carbocycles. The van der Waals surface area contributed by atoms with Gasteiger partial charge in [-0.05, 0) is 50.6 Å².